The number of nitrogens with one attached hydrogen (secondary N) is 1. The molecule has 112 valence electrons. The van der Waals surface area contributed by atoms with Crippen LogP contribution in [0.2, 0.25) is 5.02 Å². The normalized spacial score (nSPS) is 11.4. The predicted molar refractivity (Wildman–Crippen MR) is 70.2 cm³/mol. The molecule has 1 aromatic heterocycles. The third-order valence-corrected chi connectivity index (χ3v) is 4.01. The van der Waals surface area contributed by atoms with Gasteiger partial charge in [-0.2, -0.15) is 10.1 Å². The lowest BCUT2D eigenvalue weighted by Crippen LogP contribution is -2.19. The molecule has 0 fully saturated rings. The number of hydrogen-bond acceptors (Lipinski definition) is 5. The van der Waals surface area contributed by atoms with Gasteiger partial charge in [0.05, 0.1) is 5.56 Å². The zero-order chi connectivity index (χ0) is 15.8. The fourth-order valence-electron chi connectivity index (χ4n) is 1.48. The summed E-state index contributed by atoms with van der Waals surface area (Å²) in [7, 11) is -2.99. The summed E-state index contributed by atoms with van der Waals surface area (Å²) >= 11 is 5.63. The largest absolute Gasteiger partial charge is 0.478 e. The van der Waals surface area contributed by atoms with Crippen molar-refractivity contribution in [1.82, 2.24) is 14.8 Å². The van der Waals surface area contributed by atoms with Gasteiger partial charge < -0.3 is 5.11 Å². The van der Waals surface area contributed by atoms with Crippen molar-refractivity contribution >= 4 is 33.5 Å². The van der Waals surface area contributed by atoms with E-state index < -0.39 is 32.3 Å². The molecule has 0 radical (unpaired) electrons. The molecule has 0 amide bonds. The van der Waals surface area contributed by atoms with E-state index in [2.05, 4.69) is 10.1 Å². The van der Waals surface area contributed by atoms with Crippen LogP contribution in [-0.4, -0.2) is 34.3 Å². The fourth-order valence-corrected chi connectivity index (χ4v) is 2.93. The number of aromatic nitrogens is 3. The number of rotatable bonds is 4. The Morgan fingerprint density at radius 1 is 1.48 bits per heavy atom. The lowest BCUT2D eigenvalue weighted by molar-refractivity contribution is 0.0691. The van der Waals surface area contributed by atoms with Gasteiger partial charge in [0.1, 0.15) is 11.2 Å². The number of halogens is 2. The maximum Gasteiger partial charge on any atom is 0.338 e. The Hall–Kier alpha value is -2.20. The molecule has 8 nitrogen and oxygen atoms in total. The van der Waals surface area contributed by atoms with Crippen LogP contribution in [0.15, 0.2) is 23.4 Å². The molecule has 0 unspecified atom stereocenters. The molecule has 2 aromatic rings. The summed E-state index contributed by atoms with van der Waals surface area (Å²) in [4.78, 5) is 13.6. The quantitative estimate of drug-likeness (QED) is 0.865. The monoisotopic (exact) mass is 334 g/mol. The average molecular weight is 335 g/mol. The van der Waals surface area contributed by atoms with Crippen LogP contribution in [0.3, 0.4) is 0 Å². The summed E-state index contributed by atoms with van der Waals surface area (Å²) in [6.07, 6.45) is 1.09. The molecular weight excluding hydrogens is 327 g/mol. The van der Waals surface area contributed by atoms with E-state index >= 15 is 0 Å². The number of carboxylic acid groups (broad SMARTS) is 1. The lowest BCUT2D eigenvalue weighted by Gasteiger charge is -2.09. The summed E-state index contributed by atoms with van der Waals surface area (Å²) in [5, 5.41) is 12.3. The van der Waals surface area contributed by atoms with Crippen molar-refractivity contribution in [1.29, 1.82) is 0 Å². The molecule has 2 N–H and O–H groups in total. The third kappa shape index (κ3) is 2.95. The lowest BCUT2D eigenvalue weighted by atomic mass is 10.2. The Morgan fingerprint density at radius 3 is 2.67 bits per heavy atom. The van der Waals surface area contributed by atoms with Crippen LogP contribution in [0, 0.1) is 5.82 Å². The van der Waals surface area contributed by atoms with Gasteiger partial charge in [-0.15, -0.1) is 0 Å². The molecule has 0 spiro atoms. The Kier molecular flexibility index (Phi) is 3.83. The summed E-state index contributed by atoms with van der Waals surface area (Å²) in [6, 6.07) is 1.63. The maximum absolute atomic E-state index is 14.0. The van der Waals surface area contributed by atoms with Crippen LogP contribution in [0.5, 0.6) is 0 Å². The highest BCUT2D eigenvalue weighted by Gasteiger charge is 2.26. The first-order valence-electron chi connectivity index (χ1n) is 5.31. The molecule has 1 heterocycles. The number of anilines is 1. The number of hydrogen-bond donors (Lipinski definition) is 2. The van der Waals surface area contributed by atoms with Gasteiger partial charge in [0.15, 0.2) is 5.82 Å². The van der Waals surface area contributed by atoms with E-state index in [1.54, 1.807) is 0 Å². The van der Waals surface area contributed by atoms with Crippen molar-refractivity contribution in [2.45, 2.75) is 4.90 Å². The summed E-state index contributed by atoms with van der Waals surface area (Å²) in [6.45, 7) is 0. The zero-order valence-corrected chi connectivity index (χ0v) is 12.0. The van der Waals surface area contributed by atoms with Crippen LogP contribution in [-0.2, 0) is 17.1 Å². The van der Waals surface area contributed by atoms with Gasteiger partial charge in [-0.25, -0.2) is 27.0 Å². The summed E-state index contributed by atoms with van der Waals surface area (Å²) in [5.74, 6) is -3.21. The Balaban J connectivity index is 2.55. The van der Waals surface area contributed by atoms with Crippen molar-refractivity contribution in [3.63, 3.8) is 0 Å². The van der Waals surface area contributed by atoms with Crippen LogP contribution < -0.4 is 4.72 Å². The second-order valence-electron chi connectivity index (χ2n) is 3.88. The minimum atomic E-state index is -4.41. The van der Waals surface area contributed by atoms with Gasteiger partial charge in [0.25, 0.3) is 10.0 Å². The molecule has 0 aliphatic rings. The molecule has 0 aliphatic heterocycles. The molecule has 0 atom stereocenters. The number of carboxylic acids is 1. The third-order valence-electron chi connectivity index (χ3n) is 2.46. The second-order valence-corrected chi connectivity index (χ2v) is 5.97. The van der Waals surface area contributed by atoms with Gasteiger partial charge >= 0.3 is 5.97 Å². The highest BCUT2D eigenvalue weighted by Crippen LogP contribution is 2.25. The fraction of sp³-hybridized carbons (Fsp3) is 0.100. The predicted octanol–water partition coefficient (Wildman–Crippen LogP) is 1.11. The van der Waals surface area contributed by atoms with E-state index in [-0.39, 0.29) is 11.0 Å². The van der Waals surface area contributed by atoms with Crippen LogP contribution >= 0.6 is 11.6 Å². The van der Waals surface area contributed by atoms with Crippen LogP contribution in [0.4, 0.5) is 10.3 Å². The van der Waals surface area contributed by atoms with E-state index in [1.807, 2.05) is 4.72 Å². The highest BCUT2D eigenvalue weighted by atomic mass is 35.5. The Labute approximate surface area is 123 Å². The number of aromatic carboxylic acids is 1. The summed E-state index contributed by atoms with van der Waals surface area (Å²) < 4.78 is 41.4. The van der Waals surface area contributed by atoms with E-state index in [0.717, 1.165) is 23.1 Å². The molecule has 11 heteroatoms. The van der Waals surface area contributed by atoms with Gasteiger partial charge in [0, 0.05) is 12.1 Å². The van der Waals surface area contributed by atoms with Crippen molar-refractivity contribution < 1.29 is 22.7 Å². The van der Waals surface area contributed by atoms with E-state index in [4.69, 9.17) is 16.7 Å². The highest BCUT2D eigenvalue weighted by molar-refractivity contribution is 7.92. The maximum atomic E-state index is 14.0. The molecule has 1 aromatic carbocycles. The molecular formula is C10H8ClFN4O4S. The molecule has 0 bridgehead atoms. The Bertz CT molecular complexity index is 820. The standard InChI is InChI=1S/C10H8ClFN4O4S/c1-16-10(13-4-14-16)15-21(19,20)7-3-5(11)2-6(8(7)12)9(17)18/h2-4H,1H3,(H,17,18)(H,13,14,15). The summed E-state index contributed by atoms with van der Waals surface area (Å²) in [5.41, 5.74) is -0.846. The van der Waals surface area contributed by atoms with Crippen LogP contribution in [0.1, 0.15) is 10.4 Å². The molecule has 0 aliphatic carbocycles. The number of nitrogens with zero attached hydrogens (tertiary/aromatic N) is 3. The topological polar surface area (TPSA) is 114 Å². The van der Waals surface area contributed by atoms with Gasteiger partial charge in [-0.05, 0) is 12.1 Å². The molecule has 0 saturated carbocycles. The van der Waals surface area contributed by atoms with Crippen molar-refractivity contribution in [3.8, 4) is 0 Å². The number of carbonyl (C=O) groups is 1. The van der Waals surface area contributed by atoms with Crippen LogP contribution in [0.25, 0.3) is 0 Å². The van der Waals surface area contributed by atoms with Gasteiger partial charge in [-0.1, -0.05) is 11.6 Å². The average Bonchev–Trinajstić information content (AvgIpc) is 2.76. The second kappa shape index (κ2) is 5.30. The molecule has 21 heavy (non-hydrogen) atoms. The van der Waals surface area contributed by atoms with Crippen molar-refractivity contribution in [2.75, 3.05) is 4.72 Å². The SMILES string of the molecule is Cn1ncnc1NS(=O)(=O)c1cc(Cl)cc(C(=O)O)c1F. The number of aryl methyl sites for hydroxylation is 1. The minimum Gasteiger partial charge on any atom is -0.478 e. The first kappa shape index (κ1) is 15.2. The first-order valence-corrected chi connectivity index (χ1v) is 7.17. The Morgan fingerprint density at radius 2 is 2.14 bits per heavy atom. The number of sulfonamides is 1. The smallest absolute Gasteiger partial charge is 0.338 e. The van der Waals surface area contributed by atoms with Gasteiger partial charge in [-0.3, -0.25) is 0 Å². The van der Waals surface area contributed by atoms with Crippen molar-refractivity contribution in [2.24, 2.45) is 7.05 Å². The van der Waals surface area contributed by atoms with Gasteiger partial charge in [0.2, 0.25) is 5.95 Å². The minimum absolute atomic E-state index is 0.161. The van der Waals surface area contributed by atoms with E-state index in [9.17, 15) is 17.6 Å². The van der Waals surface area contributed by atoms with Crippen molar-refractivity contribution in [3.05, 3.63) is 34.9 Å². The molecule has 0 saturated heterocycles. The molecule has 2 rings (SSSR count). The first-order chi connectivity index (χ1) is 9.72. The number of benzene rings is 1. The van der Waals surface area contributed by atoms with E-state index in [1.165, 1.54) is 7.05 Å². The zero-order valence-electron chi connectivity index (χ0n) is 10.4. The van der Waals surface area contributed by atoms with E-state index in [0.29, 0.717) is 0 Å².